The van der Waals surface area contributed by atoms with Crippen LogP contribution in [-0.2, 0) is 11.3 Å². The summed E-state index contributed by atoms with van der Waals surface area (Å²) in [7, 11) is 3.40. The van der Waals surface area contributed by atoms with Gasteiger partial charge in [-0.2, -0.15) is 0 Å². The molecule has 1 aromatic carbocycles. The van der Waals surface area contributed by atoms with Crippen LogP contribution in [0.4, 0.5) is 4.79 Å². The van der Waals surface area contributed by atoms with Crippen LogP contribution >= 0.6 is 15.9 Å². The Morgan fingerprint density at radius 3 is 2.64 bits per heavy atom. The molecule has 138 valence electrons. The molecule has 0 spiro atoms. The number of aryl methyl sites for hydroxylation is 2. The molecular formula is C18H26BrN3O3. The Morgan fingerprint density at radius 1 is 1.36 bits per heavy atom. The monoisotopic (exact) mass is 411 g/mol. The minimum atomic E-state index is -0.480. The summed E-state index contributed by atoms with van der Waals surface area (Å²) in [5.74, 6) is 1.71. The van der Waals surface area contributed by atoms with Gasteiger partial charge in [0.15, 0.2) is 0 Å². The molecule has 1 amide bonds. The van der Waals surface area contributed by atoms with Gasteiger partial charge in [0.25, 0.3) is 0 Å². The van der Waals surface area contributed by atoms with Crippen LogP contribution in [0, 0.1) is 6.92 Å². The van der Waals surface area contributed by atoms with Crippen LogP contribution in [0.25, 0.3) is 11.0 Å². The van der Waals surface area contributed by atoms with E-state index in [1.807, 2.05) is 39.8 Å². The van der Waals surface area contributed by atoms with Crippen molar-refractivity contribution in [1.82, 2.24) is 14.5 Å². The Labute approximate surface area is 157 Å². The second-order valence-corrected chi connectivity index (χ2v) is 7.90. The molecule has 2 rings (SSSR count). The van der Waals surface area contributed by atoms with Crippen LogP contribution < -0.4 is 4.74 Å². The van der Waals surface area contributed by atoms with Gasteiger partial charge in [-0.1, -0.05) is 0 Å². The van der Waals surface area contributed by atoms with E-state index in [9.17, 15) is 4.79 Å². The molecule has 0 radical (unpaired) electrons. The van der Waals surface area contributed by atoms with E-state index in [1.54, 1.807) is 19.1 Å². The number of fused-ring (bicyclic) bond motifs is 1. The average molecular weight is 412 g/mol. The van der Waals surface area contributed by atoms with Crippen LogP contribution in [0.15, 0.2) is 16.6 Å². The third-order valence-corrected chi connectivity index (χ3v) is 4.38. The summed E-state index contributed by atoms with van der Waals surface area (Å²) in [4.78, 5) is 18.2. The van der Waals surface area contributed by atoms with E-state index < -0.39 is 5.60 Å². The van der Waals surface area contributed by atoms with E-state index in [4.69, 9.17) is 9.47 Å². The highest BCUT2D eigenvalue weighted by Crippen LogP contribution is 2.30. The molecule has 6 nitrogen and oxygen atoms in total. The highest BCUT2D eigenvalue weighted by Gasteiger charge is 2.19. The van der Waals surface area contributed by atoms with Crippen molar-refractivity contribution >= 4 is 33.1 Å². The van der Waals surface area contributed by atoms with Crippen molar-refractivity contribution in [2.75, 3.05) is 20.7 Å². The molecular weight excluding hydrogens is 386 g/mol. The number of hydrogen-bond acceptors (Lipinski definition) is 4. The zero-order valence-corrected chi connectivity index (χ0v) is 17.3. The Hall–Kier alpha value is -1.76. The molecule has 2 aromatic rings. The maximum absolute atomic E-state index is 12.0. The number of methoxy groups -OCH3 is 1. The lowest BCUT2D eigenvalue weighted by Gasteiger charge is -2.24. The predicted molar refractivity (Wildman–Crippen MR) is 102 cm³/mol. The molecule has 0 N–H and O–H groups in total. The summed E-state index contributed by atoms with van der Waals surface area (Å²) < 4.78 is 13.8. The fourth-order valence-electron chi connectivity index (χ4n) is 2.60. The van der Waals surface area contributed by atoms with Crippen molar-refractivity contribution in [2.24, 2.45) is 0 Å². The lowest BCUT2D eigenvalue weighted by atomic mass is 10.2. The van der Waals surface area contributed by atoms with Crippen LogP contribution in [0.5, 0.6) is 5.75 Å². The average Bonchev–Trinajstić information content (AvgIpc) is 2.81. The van der Waals surface area contributed by atoms with E-state index >= 15 is 0 Å². The molecule has 1 aromatic heterocycles. The van der Waals surface area contributed by atoms with Crippen molar-refractivity contribution in [1.29, 1.82) is 0 Å². The second-order valence-electron chi connectivity index (χ2n) is 7.04. The number of aromatic nitrogens is 2. The molecule has 0 saturated carbocycles. The van der Waals surface area contributed by atoms with Gasteiger partial charge in [-0.05, 0) is 56.1 Å². The third kappa shape index (κ3) is 4.87. The number of benzene rings is 1. The van der Waals surface area contributed by atoms with Crippen molar-refractivity contribution in [3.05, 3.63) is 22.4 Å². The fourth-order valence-corrected chi connectivity index (χ4v) is 3.24. The molecule has 0 atom stereocenters. The zero-order valence-electron chi connectivity index (χ0n) is 15.7. The Morgan fingerprint density at radius 2 is 2.04 bits per heavy atom. The number of nitrogens with zero attached hydrogens (tertiary/aromatic N) is 3. The molecule has 0 aliphatic carbocycles. The summed E-state index contributed by atoms with van der Waals surface area (Å²) in [5, 5.41) is 0. The number of imidazole rings is 1. The maximum atomic E-state index is 12.0. The van der Waals surface area contributed by atoms with E-state index in [0.717, 1.165) is 40.0 Å². The van der Waals surface area contributed by atoms with Crippen molar-refractivity contribution in [3.63, 3.8) is 0 Å². The van der Waals surface area contributed by atoms with Crippen molar-refractivity contribution in [3.8, 4) is 5.75 Å². The molecule has 0 unspecified atom stereocenters. The Balaban J connectivity index is 2.06. The number of halogens is 1. The van der Waals surface area contributed by atoms with Gasteiger partial charge in [-0.3, -0.25) is 0 Å². The Bertz CT molecular complexity index is 765. The summed E-state index contributed by atoms with van der Waals surface area (Å²) >= 11 is 3.60. The maximum Gasteiger partial charge on any atom is 0.410 e. The normalized spacial score (nSPS) is 11.6. The summed E-state index contributed by atoms with van der Waals surface area (Å²) in [5.41, 5.74) is 1.45. The van der Waals surface area contributed by atoms with Crippen molar-refractivity contribution in [2.45, 2.75) is 46.3 Å². The van der Waals surface area contributed by atoms with Gasteiger partial charge in [0.05, 0.1) is 18.1 Å². The first-order valence-electron chi connectivity index (χ1n) is 8.27. The number of carbonyl (C=O) groups excluding carboxylic acids is 1. The SMILES string of the molecule is COc1cc(Br)c2c(c1)nc(C)n2CCCN(C)C(=O)OC(C)(C)C. The van der Waals surface area contributed by atoms with Gasteiger partial charge < -0.3 is 18.9 Å². The number of amides is 1. The summed E-state index contributed by atoms with van der Waals surface area (Å²) in [6, 6.07) is 3.86. The van der Waals surface area contributed by atoms with E-state index in [-0.39, 0.29) is 6.09 Å². The number of rotatable bonds is 5. The highest BCUT2D eigenvalue weighted by atomic mass is 79.9. The first-order valence-corrected chi connectivity index (χ1v) is 9.06. The first kappa shape index (κ1) is 19.6. The van der Waals surface area contributed by atoms with Gasteiger partial charge in [0, 0.05) is 30.7 Å². The zero-order chi connectivity index (χ0) is 18.8. The standard InChI is InChI=1S/C18H26BrN3O3/c1-12-20-15-11-13(24-6)10-14(19)16(15)22(12)9-7-8-21(5)17(23)25-18(2,3)4/h10-11H,7-9H2,1-6H3. The van der Waals surface area contributed by atoms with Crippen LogP contribution in [0.1, 0.15) is 33.0 Å². The quantitative estimate of drug-likeness (QED) is 0.732. The van der Waals surface area contributed by atoms with Crippen LogP contribution in [-0.4, -0.2) is 46.8 Å². The molecule has 7 heteroatoms. The third-order valence-electron chi connectivity index (χ3n) is 3.78. The lowest BCUT2D eigenvalue weighted by Crippen LogP contribution is -2.35. The van der Waals surface area contributed by atoms with E-state index in [0.29, 0.717) is 6.54 Å². The first-order chi connectivity index (χ1) is 11.6. The minimum Gasteiger partial charge on any atom is -0.497 e. The smallest absolute Gasteiger partial charge is 0.410 e. The van der Waals surface area contributed by atoms with E-state index in [2.05, 4.69) is 25.5 Å². The van der Waals surface area contributed by atoms with Crippen molar-refractivity contribution < 1.29 is 14.3 Å². The lowest BCUT2D eigenvalue weighted by molar-refractivity contribution is 0.0295. The van der Waals surface area contributed by atoms with Crippen LogP contribution in [0.3, 0.4) is 0 Å². The molecule has 0 aliphatic heterocycles. The summed E-state index contributed by atoms with van der Waals surface area (Å²) in [6.45, 7) is 8.96. The van der Waals surface area contributed by atoms with Gasteiger partial charge in [0.2, 0.25) is 0 Å². The van der Waals surface area contributed by atoms with E-state index in [1.165, 1.54) is 0 Å². The molecule has 1 heterocycles. The molecule has 0 bridgehead atoms. The van der Waals surface area contributed by atoms with Gasteiger partial charge in [-0.25, -0.2) is 9.78 Å². The number of carbonyl (C=O) groups is 1. The van der Waals surface area contributed by atoms with Gasteiger partial charge in [0.1, 0.15) is 17.2 Å². The molecule has 0 fully saturated rings. The highest BCUT2D eigenvalue weighted by molar-refractivity contribution is 9.10. The fraction of sp³-hybridized carbons (Fsp3) is 0.556. The van der Waals surface area contributed by atoms with Gasteiger partial charge >= 0.3 is 6.09 Å². The largest absolute Gasteiger partial charge is 0.497 e. The number of ether oxygens (including phenoxy) is 2. The molecule has 0 saturated heterocycles. The number of hydrogen-bond donors (Lipinski definition) is 0. The van der Waals surface area contributed by atoms with Crippen LogP contribution in [0.2, 0.25) is 0 Å². The molecule has 25 heavy (non-hydrogen) atoms. The summed E-state index contributed by atoms with van der Waals surface area (Å²) in [6.07, 6.45) is 0.506. The predicted octanol–water partition coefficient (Wildman–Crippen LogP) is 4.37. The Kier molecular flexibility index (Phi) is 5.98. The van der Waals surface area contributed by atoms with Gasteiger partial charge in [-0.15, -0.1) is 0 Å². The topological polar surface area (TPSA) is 56.6 Å². The second kappa shape index (κ2) is 7.64. The molecule has 0 aliphatic rings. The minimum absolute atomic E-state index is 0.300.